The summed E-state index contributed by atoms with van der Waals surface area (Å²) in [6.07, 6.45) is 3.84. The Kier molecular flexibility index (Phi) is 5.05. The molecular formula is C26H24INO2. The van der Waals surface area contributed by atoms with E-state index in [-0.39, 0.29) is 17.5 Å². The molecule has 0 saturated heterocycles. The first kappa shape index (κ1) is 19.6. The van der Waals surface area contributed by atoms with Gasteiger partial charge in [-0.1, -0.05) is 36.4 Å². The van der Waals surface area contributed by atoms with E-state index >= 15 is 0 Å². The lowest BCUT2D eigenvalue weighted by Gasteiger charge is -2.44. The molecule has 2 aliphatic rings. The average Bonchev–Trinajstić information content (AvgIpc) is 3.54. The van der Waals surface area contributed by atoms with Crippen LogP contribution in [0, 0.1) is 3.57 Å². The summed E-state index contributed by atoms with van der Waals surface area (Å²) in [7, 11) is 1.71. The number of amides is 1. The molecule has 1 saturated carbocycles. The van der Waals surface area contributed by atoms with Crippen LogP contribution >= 0.6 is 22.6 Å². The number of hydrogen-bond acceptors (Lipinski definition) is 2. The zero-order chi connectivity index (χ0) is 20.7. The minimum Gasteiger partial charge on any atom is -0.497 e. The average molecular weight is 509 g/mol. The summed E-state index contributed by atoms with van der Waals surface area (Å²) in [5, 5.41) is 0. The standard InChI is InChI=1S/C26H24INO2/c1-30-22-11-12-23-20(16-22)17-26(13-14-26)28(25(29)19-5-3-2-4-6-19)24(23)15-18-7-9-21(27)10-8-18/h2-12,16,24H,13-15,17H2,1H3. The van der Waals surface area contributed by atoms with Gasteiger partial charge in [0.05, 0.1) is 13.2 Å². The summed E-state index contributed by atoms with van der Waals surface area (Å²) in [6.45, 7) is 0. The summed E-state index contributed by atoms with van der Waals surface area (Å²) in [5.41, 5.74) is 4.52. The van der Waals surface area contributed by atoms with Gasteiger partial charge in [-0.3, -0.25) is 4.79 Å². The Morgan fingerprint density at radius 2 is 1.80 bits per heavy atom. The van der Waals surface area contributed by atoms with Crippen LogP contribution in [0.2, 0.25) is 0 Å². The Bertz CT molecular complexity index is 1070. The van der Waals surface area contributed by atoms with Crippen molar-refractivity contribution in [3.05, 3.63) is 98.6 Å². The lowest BCUT2D eigenvalue weighted by atomic mass is 9.83. The van der Waals surface area contributed by atoms with E-state index in [2.05, 4.69) is 63.9 Å². The number of hydrogen-bond donors (Lipinski definition) is 0. The van der Waals surface area contributed by atoms with Gasteiger partial charge in [-0.25, -0.2) is 0 Å². The number of carbonyl (C=O) groups is 1. The van der Waals surface area contributed by atoms with Gasteiger partial charge in [0.25, 0.3) is 5.91 Å². The Hall–Kier alpha value is -2.34. The van der Waals surface area contributed by atoms with Crippen LogP contribution in [0.1, 0.15) is 45.9 Å². The van der Waals surface area contributed by atoms with Gasteiger partial charge in [0.1, 0.15) is 5.75 Å². The van der Waals surface area contributed by atoms with E-state index in [1.54, 1.807) is 7.11 Å². The summed E-state index contributed by atoms with van der Waals surface area (Å²) in [4.78, 5) is 15.9. The molecule has 0 N–H and O–H groups in total. The number of fused-ring (bicyclic) bond motifs is 1. The topological polar surface area (TPSA) is 29.5 Å². The highest BCUT2D eigenvalue weighted by molar-refractivity contribution is 14.1. The fourth-order valence-electron chi connectivity index (χ4n) is 4.78. The summed E-state index contributed by atoms with van der Waals surface area (Å²) in [5.74, 6) is 1.03. The molecule has 1 amide bonds. The molecule has 0 bridgehead atoms. The van der Waals surface area contributed by atoms with Gasteiger partial charge >= 0.3 is 0 Å². The Labute approximate surface area is 191 Å². The van der Waals surface area contributed by atoms with Crippen LogP contribution in [0.5, 0.6) is 5.75 Å². The number of benzene rings is 3. The number of methoxy groups -OCH3 is 1. The van der Waals surface area contributed by atoms with Gasteiger partial charge < -0.3 is 9.64 Å². The normalized spacial score (nSPS) is 18.7. The molecule has 0 radical (unpaired) electrons. The van der Waals surface area contributed by atoms with Crippen molar-refractivity contribution >= 4 is 28.5 Å². The molecular weight excluding hydrogens is 485 g/mol. The summed E-state index contributed by atoms with van der Waals surface area (Å²) >= 11 is 2.33. The Morgan fingerprint density at radius 1 is 1.07 bits per heavy atom. The maximum atomic E-state index is 13.7. The van der Waals surface area contributed by atoms with Crippen molar-refractivity contribution in [2.75, 3.05) is 7.11 Å². The largest absolute Gasteiger partial charge is 0.497 e. The van der Waals surface area contributed by atoms with E-state index in [9.17, 15) is 4.79 Å². The van der Waals surface area contributed by atoms with Gasteiger partial charge in [0.2, 0.25) is 0 Å². The highest BCUT2D eigenvalue weighted by atomic mass is 127. The second-order valence-electron chi connectivity index (χ2n) is 8.35. The zero-order valence-electron chi connectivity index (χ0n) is 17.0. The van der Waals surface area contributed by atoms with E-state index in [4.69, 9.17) is 4.74 Å². The third kappa shape index (κ3) is 3.51. The molecule has 152 valence electrons. The fraction of sp³-hybridized carbons (Fsp3) is 0.269. The van der Waals surface area contributed by atoms with Crippen molar-refractivity contribution in [2.24, 2.45) is 0 Å². The number of ether oxygens (including phenoxy) is 1. The fourth-order valence-corrected chi connectivity index (χ4v) is 5.14. The molecule has 30 heavy (non-hydrogen) atoms. The quantitative estimate of drug-likeness (QED) is 0.416. The highest BCUT2D eigenvalue weighted by Crippen LogP contribution is 2.54. The lowest BCUT2D eigenvalue weighted by Crippen LogP contribution is -2.50. The number of rotatable bonds is 4. The maximum absolute atomic E-state index is 13.7. The van der Waals surface area contributed by atoms with Crippen LogP contribution in [-0.4, -0.2) is 23.5 Å². The SMILES string of the molecule is COc1ccc2c(c1)CC1(CC1)N(C(=O)c1ccccc1)C2Cc1ccc(I)cc1. The molecule has 5 rings (SSSR count). The third-order valence-electron chi connectivity index (χ3n) is 6.46. The lowest BCUT2D eigenvalue weighted by molar-refractivity contribution is 0.0486. The Balaban J connectivity index is 1.60. The molecule has 0 aromatic heterocycles. The molecule has 1 unspecified atom stereocenters. The van der Waals surface area contributed by atoms with Gasteiger partial charge in [-0.15, -0.1) is 0 Å². The molecule has 3 aromatic rings. The van der Waals surface area contributed by atoms with Crippen molar-refractivity contribution in [2.45, 2.75) is 37.3 Å². The van der Waals surface area contributed by atoms with Gasteiger partial charge in [0.15, 0.2) is 0 Å². The second kappa shape index (κ2) is 7.73. The summed E-state index contributed by atoms with van der Waals surface area (Å²) in [6, 6.07) is 24.8. The molecule has 3 nitrogen and oxygen atoms in total. The number of carbonyl (C=O) groups excluding carboxylic acids is 1. The van der Waals surface area contributed by atoms with Crippen molar-refractivity contribution < 1.29 is 9.53 Å². The first-order valence-corrected chi connectivity index (χ1v) is 11.5. The predicted octanol–water partition coefficient (Wildman–Crippen LogP) is 5.81. The van der Waals surface area contributed by atoms with Crippen molar-refractivity contribution in [1.82, 2.24) is 4.90 Å². The molecule has 1 aliphatic carbocycles. The van der Waals surface area contributed by atoms with Crippen LogP contribution in [0.15, 0.2) is 72.8 Å². The molecule has 4 heteroatoms. The van der Waals surface area contributed by atoms with Crippen molar-refractivity contribution in [3.63, 3.8) is 0 Å². The minimum atomic E-state index is -0.0693. The number of halogens is 1. The van der Waals surface area contributed by atoms with Crippen LogP contribution in [0.4, 0.5) is 0 Å². The van der Waals surface area contributed by atoms with Crippen LogP contribution in [0.25, 0.3) is 0 Å². The number of nitrogens with zero attached hydrogens (tertiary/aromatic N) is 1. The maximum Gasteiger partial charge on any atom is 0.254 e. The molecule has 1 heterocycles. The van der Waals surface area contributed by atoms with Gasteiger partial charge in [-0.2, -0.15) is 0 Å². The summed E-state index contributed by atoms with van der Waals surface area (Å²) < 4.78 is 6.72. The van der Waals surface area contributed by atoms with Gasteiger partial charge in [-0.05, 0) is 101 Å². The molecule has 1 spiro atoms. The zero-order valence-corrected chi connectivity index (χ0v) is 19.1. The molecule has 3 aromatic carbocycles. The van der Waals surface area contributed by atoms with Crippen molar-refractivity contribution in [3.8, 4) is 5.75 Å². The predicted molar refractivity (Wildman–Crippen MR) is 127 cm³/mol. The third-order valence-corrected chi connectivity index (χ3v) is 7.18. The first-order chi connectivity index (χ1) is 14.6. The van der Waals surface area contributed by atoms with Crippen molar-refractivity contribution in [1.29, 1.82) is 0 Å². The highest BCUT2D eigenvalue weighted by Gasteiger charge is 2.55. The monoisotopic (exact) mass is 509 g/mol. The molecule has 1 fully saturated rings. The molecule has 1 aliphatic heterocycles. The van der Waals surface area contributed by atoms with E-state index < -0.39 is 0 Å². The van der Waals surface area contributed by atoms with E-state index in [0.29, 0.717) is 0 Å². The van der Waals surface area contributed by atoms with Crippen LogP contribution in [0.3, 0.4) is 0 Å². The van der Waals surface area contributed by atoms with Gasteiger partial charge in [0, 0.05) is 14.7 Å². The van der Waals surface area contributed by atoms with Crippen LogP contribution < -0.4 is 4.74 Å². The molecule has 1 atom stereocenters. The second-order valence-corrected chi connectivity index (χ2v) is 9.60. The van der Waals surface area contributed by atoms with E-state index in [0.717, 1.165) is 37.0 Å². The van der Waals surface area contributed by atoms with Crippen LogP contribution in [-0.2, 0) is 12.8 Å². The smallest absolute Gasteiger partial charge is 0.254 e. The van der Waals surface area contributed by atoms with E-state index in [1.165, 1.54) is 20.3 Å². The minimum absolute atomic E-state index is 0.0231. The van der Waals surface area contributed by atoms with E-state index in [1.807, 2.05) is 36.4 Å². The Morgan fingerprint density at radius 3 is 2.47 bits per heavy atom. The first-order valence-electron chi connectivity index (χ1n) is 10.4.